The van der Waals surface area contributed by atoms with Crippen molar-refractivity contribution in [1.29, 1.82) is 0 Å². The summed E-state index contributed by atoms with van der Waals surface area (Å²) < 4.78 is 0. The van der Waals surface area contributed by atoms with Crippen molar-refractivity contribution in [1.82, 2.24) is 29.9 Å². The molecule has 298 valence electrons. The van der Waals surface area contributed by atoms with Crippen molar-refractivity contribution in [3.8, 4) is 78.9 Å². The first-order chi connectivity index (χ1) is 31.6. The van der Waals surface area contributed by atoms with E-state index in [1.54, 1.807) is 0 Å². The predicted octanol–water partition coefficient (Wildman–Crippen LogP) is 14.3. The molecule has 0 fully saturated rings. The minimum absolute atomic E-state index is 0.632. The molecule has 0 aliphatic rings. The van der Waals surface area contributed by atoms with Crippen LogP contribution < -0.4 is 0 Å². The van der Waals surface area contributed by atoms with Crippen LogP contribution in [0.5, 0.6) is 0 Å². The Labute approximate surface area is 369 Å². The molecule has 8 aromatic carbocycles. The molecule has 4 aromatic heterocycles. The first-order valence-electron chi connectivity index (χ1n) is 21.3. The van der Waals surface area contributed by atoms with E-state index in [1.165, 1.54) is 10.8 Å². The van der Waals surface area contributed by atoms with E-state index >= 15 is 0 Å². The van der Waals surface area contributed by atoms with Crippen LogP contribution in [0, 0.1) is 0 Å². The van der Waals surface area contributed by atoms with E-state index in [-0.39, 0.29) is 0 Å². The van der Waals surface area contributed by atoms with Gasteiger partial charge in [-0.25, -0.2) is 19.9 Å². The van der Waals surface area contributed by atoms with Crippen LogP contribution in [0.2, 0.25) is 0 Å². The molecule has 6 nitrogen and oxygen atoms in total. The lowest BCUT2D eigenvalue weighted by Crippen LogP contribution is -1.97. The van der Waals surface area contributed by atoms with Gasteiger partial charge in [0.25, 0.3) is 0 Å². The zero-order valence-corrected chi connectivity index (χ0v) is 34.5. The molecule has 0 spiro atoms. The van der Waals surface area contributed by atoms with Crippen LogP contribution in [0.4, 0.5) is 0 Å². The smallest absolute Gasteiger partial charge is 0.161 e. The van der Waals surface area contributed by atoms with Crippen molar-refractivity contribution in [2.75, 3.05) is 0 Å². The average Bonchev–Trinajstić information content (AvgIpc) is 3.38. The molecule has 0 unspecified atom stereocenters. The second-order valence-corrected chi connectivity index (χ2v) is 16.0. The highest BCUT2D eigenvalue weighted by atomic mass is 14.9. The quantitative estimate of drug-likeness (QED) is 0.159. The van der Waals surface area contributed by atoms with Gasteiger partial charge >= 0.3 is 0 Å². The summed E-state index contributed by atoms with van der Waals surface area (Å²) in [5.41, 5.74) is 13.3. The summed E-state index contributed by atoms with van der Waals surface area (Å²) in [5, 5.41) is 6.80. The molecule has 6 heteroatoms. The predicted molar refractivity (Wildman–Crippen MR) is 261 cm³/mol. The highest BCUT2D eigenvalue weighted by Gasteiger charge is 2.15. The zero-order chi connectivity index (χ0) is 42.4. The Morgan fingerprint density at radius 2 is 0.531 bits per heavy atom. The van der Waals surface area contributed by atoms with Crippen molar-refractivity contribution in [2.45, 2.75) is 0 Å². The molecule has 12 rings (SSSR count). The molecule has 0 bridgehead atoms. The number of hydrogen-bond donors (Lipinski definition) is 0. The largest absolute Gasteiger partial charge is 0.255 e. The van der Waals surface area contributed by atoms with E-state index in [9.17, 15) is 0 Å². The summed E-state index contributed by atoms with van der Waals surface area (Å²) in [7, 11) is 0. The number of fused-ring (bicyclic) bond motifs is 4. The lowest BCUT2D eigenvalue weighted by molar-refractivity contribution is 1.18. The maximum absolute atomic E-state index is 5.14. The molecule has 4 heterocycles. The Morgan fingerprint density at radius 3 is 0.953 bits per heavy atom. The van der Waals surface area contributed by atoms with Gasteiger partial charge in [-0.15, -0.1) is 0 Å². The summed E-state index contributed by atoms with van der Waals surface area (Å²) in [6.07, 6.45) is 3.73. The number of pyridine rings is 2. The van der Waals surface area contributed by atoms with Gasteiger partial charge in [0.05, 0.1) is 33.8 Å². The van der Waals surface area contributed by atoms with Gasteiger partial charge in [0, 0.05) is 56.5 Å². The van der Waals surface area contributed by atoms with Gasteiger partial charge in [0.15, 0.2) is 11.6 Å². The molecule has 0 N–H and O–H groups in total. The van der Waals surface area contributed by atoms with E-state index in [0.29, 0.717) is 11.6 Å². The van der Waals surface area contributed by atoms with Gasteiger partial charge in [-0.1, -0.05) is 158 Å². The van der Waals surface area contributed by atoms with Crippen LogP contribution in [-0.2, 0) is 0 Å². The fourth-order valence-electron chi connectivity index (χ4n) is 8.50. The Kier molecular flexibility index (Phi) is 9.05. The van der Waals surface area contributed by atoms with Gasteiger partial charge in [0.2, 0.25) is 0 Å². The van der Waals surface area contributed by atoms with Gasteiger partial charge in [-0.3, -0.25) is 9.97 Å². The van der Waals surface area contributed by atoms with Crippen LogP contribution in [-0.4, -0.2) is 29.9 Å². The highest BCUT2D eigenvalue weighted by molar-refractivity contribution is 5.90. The monoisotopic (exact) mass is 816 g/mol. The van der Waals surface area contributed by atoms with Gasteiger partial charge in [-0.2, -0.15) is 0 Å². The highest BCUT2D eigenvalue weighted by Crippen LogP contribution is 2.34. The van der Waals surface area contributed by atoms with Crippen LogP contribution in [0.3, 0.4) is 0 Å². The van der Waals surface area contributed by atoms with Crippen LogP contribution in [0.1, 0.15) is 0 Å². The second kappa shape index (κ2) is 15.6. The number of aromatic nitrogens is 6. The molecular formula is C58H36N6. The van der Waals surface area contributed by atoms with Crippen LogP contribution in [0.25, 0.3) is 122 Å². The van der Waals surface area contributed by atoms with Crippen molar-refractivity contribution >= 4 is 43.4 Å². The van der Waals surface area contributed by atoms with Crippen molar-refractivity contribution in [2.24, 2.45) is 0 Å². The average molecular weight is 817 g/mol. The summed E-state index contributed by atoms with van der Waals surface area (Å²) in [6, 6.07) is 71.6. The lowest BCUT2D eigenvalue weighted by Gasteiger charge is -2.12. The minimum Gasteiger partial charge on any atom is -0.255 e. The number of para-hydroxylation sites is 2. The van der Waals surface area contributed by atoms with E-state index in [0.717, 1.165) is 99.9 Å². The molecule has 0 atom stereocenters. The standard InChI is InChI=1S/C58H36N6/c1-3-11-43-29-47(27-21-37(43)9-1)55-33-53(61-57(63-55)49-31-45-13-5-7-15-51(45)59-35-49)41-23-17-39(18-24-41)40-19-25-42(26-20-40)54-34-56(48-28-22-38-10-2-4-12-44(38)30-48)64-58(62-54)50-32-46-14-6-8-16-52(46)60-36-50/h1-36H. The Morgan fingerprint density at radius 1 is 0.219 bits per heavy atom. The maximum atomic E-state index is 5.14. The molecule has 0 aliphatic heterocycles. The SMILES string of the molecule is c1ccc2cc(-c3cc(-c4ccc(-c5ccc(-c6cc(-c7ccc8ccccc8c7)nc(-c7cnc8ccccc8c7)n6)cc5)cc4)nc(-c4cnc5ccccc5c4)n3)ccc2c1. The first kappa shape index (κ1) is 37.1. The van der Waals surface area contributed by atoms with E-state index in [2.05, 4.69) is 170 Å². The number of rotatable bonds is 7. The molecule has 0 aliphatic carbocycles. The summed E-state index contributed by atoms with van der Waals surface area (Å²) in [6.45, 7) is 0. The number of nitrogens with zero attached hydrogens (tertiary/aromatic N) is 6. The van der Waals surface area contributed by atoms with Gasteiger partial charge < -0.3 is 0 Å². The molecule has 0 saturated carbocycles. The lowest BCUT2D eigenvalue weighted by atomic mass is 9.99. The Balaban J connectivity index is 0.894. The number of hydrogen-bond acceptors (Lipinski definition) is 6. The summed E-state index contributed by atoms with van der Waals surface area (Å²) >= 11 is 0. The third-order valence-corrected chi connectivity index (χ3v) is 11.9. The minimum atomic E-state index is 0.632. The molecule has 0 saturated heterocycles. The van der Waals surface area contributed by atoms with E-state index in [1.807, 2.05) is 48.8 Å². The second-order valence-electron chi connectivity index (χ2n) is 16.0. The van der Waals surface area contributed by atoms with Gasteiger partial charge in [-0.05, 0) is 81.2 Å². The molecule has 0 amide bonds. The molecular weight excluding hydrogens is 781 g/mol. The first-order valence-corrected chi connectivity index (χ1v) is 21.3. The Bertz CT molecular complexity index is 3290. The fraction of sp³-hybridized carbons (Fsp3) is 0. The zero-order valence-electron chi connectivity index (χ0n) is 34.5. The van der Waals surface area contributed by atoms with Crippen molar-refractivity contribution < 1.29 is 0 Å². The topological polar surface area (TPSA) is 77.3 Å². The van der Waals surface area contributed by atoms with Crippen molar-refractivity contribution in [3.63, 3.8) is 0 Å². The van der Waals surface area contributed by atoms with Gasteiger partial charge in [0.1, 0.15) is 0 Å². The summed E-state index contributed by atoms with van der Waals surface area (Å²) in [4.78, 5) is 30.0. The fourth-order valence-corrected chi connectivity index (χ4v) is 8.50. The molecule has 12 aromatic rings. The third kappa shape index (κ3) is 7.09. The molecule has 0 radical (unpaired) electrons. The van der Waals surface area contributed by atoms with Crippen LogP contribution >= 0.6 is 0 Å². The number of benzene rings is 8. The maximum Gasteiger partial charge on any atom is 0.161 e. The summed E-state index contributed by atoms with van der Waals surface area (Å²) in [5.74, 6) is 1.26. The normalized spacial score (nSPS) is 11.4. The van der Waals surface area contributed by atoms with Crippen molar-refractivity contribution in [3.05, 3.63) is 219 Å². The van der Waals surface area contributed by atoms with E-state index in [4.69, 9.17) is 29.9 Å². The third-order valence-electron chi connectivity index (χ3n) is 11.9. The molecule has 64 heavy (non-hydrogen) atoms. The van der Waals surface area contributed by atoms with E-state index < -0.39 is 0 Å². The van der Waals surface area contributed by atoms with Crippen LogP contribution in [0.15, 0.2) is 219 Å². The Hall–Kier alpha value is -8.74.